The van der Waals surface area contributed by atoms with Crippen LogP contribution in [-0.2, 0) is 27.9 Å². The van der Waals surface area contributed by atoms with Crippen LogP contribution in [0.1, 0.15) is 28.4 Å². The van der Waals surface area contributed by atoms with Crippen LogP contribution in [0.25, 0.3) is 0 Å². The molecule has 5 rings (SSSR count). The van der Waals surface area contributed by atoms with Crippen molar-refractivity contribution in [1.82, 2.24) is 14.5 Å². The molecule has 2 fully saturated rings. The summed E-state index contributed by atoms with van der Waals surface area (Å²) in [5, 5.41) is 3.55. The van der Waals surface area contributed by atoms with E-state index in [1.165, 1.54) is 16.4 Å². The van der Waals surface area contributed by atoms with E-state index in [-0.39, 0.29) is 35.8 Å². The molecule has 1 saturated carbocycles. The Hall–Kier alpha value is -3.20. The standard InChI is InChI=1S/C28H28ClN3O4S/c1-19(33)31-17-25-26(18-31)27(25)30-28(34)22-9-7-21(8-10-22)16-32(15-20-5-3-2-4-6-20)37(35,36)24-13-11-23(29)12-14-24/h2-14,25-27H,15-18H2,1H3,(H,30,34)/t25-,26+,27+. The molecule has 3 aromatic rings. The van der Waals surface area contributed by atoms with Gasteiger partial charge < -0.3 is 10.2 Å². The molecule has 0 unspecified atom stereocenters. The molecule has 2 amide bonds. The second kappa shape index (κ2) is 10.3. The van der Waals surface area contributed by atoms with Gasteiger partial charge in [-0.05, 0) is 47.5 Å². The number of carbonyl (C=O) groups is 2. The summed E-state index contributed by atoms with van der Waals surface area (Å²) in [4.78, 5) is 26.3. The third-order valence-corrected chi connectivity index (χ3v) is 9.22. The minimum Gasteiger partial charge on any atom is -0.349 e. The summed E-state index contributed by atoms with van der Waals surface area (Å²) in [5.74, 6) is 0.580. The van der Waals surface area contributed by atoms with E-state index in [2.05, 4.69) is 5.32 Å². The fraction of sp³-hybridized carbons (Fsp3) is 0.286. The van der Waals surface area contributed by atoms with Crippen LogP contribution in [0.2, 0.25) is 5.02 Å². The predicted molar refractivity (Wildman–Crippen MR) is 141 cm³/mol. The Morgan fingerprint density at radius 3 is 2.03 bits per heavy atom. The first-order chi connectivity index (χ1) is 17.7. The molecule has 1 saturated heterocycles. The topological polar surface area (TPSA) is 86.8 Å². The molecule has 1 heterocycles. The van der Waals surface area contributed by atoms with Crippen molar-refractivity contribution in [1.29, 1.82) is 0 Å². The molecule has 37 heavy (non-hydrogen) atoms. The normalized spacial score (nSPS) is 20.5. The van der Waals surface area contributed by atoms with E-state index in [0.29, 0.717) is 35.5 Å². The minimum absolute atomic E-state index is 0.0762. The molecule has 0 spiro atoms. The summed E-state index contributed by atoms with van der Waals surface area (Å²) in [6, 6.07) is 22.7. The molecule has 0 aromatic heterocycles. The van der Waals surface area contributed by atoms with Crippen LogP contribution in [-0.4, -0.2) is 48.6 Å². The van der Waals surface area contributed by atoms with Gasteiger partial charge in [0.05, 0.1) is 4.90 Å². The zero-order valence-electron chi connectivity index (χ0n) is 20.4. The van der Waals surface area contributed by atoms with Gasteiger partial charge in [0.2, 0.25) is 15.9 Å². The van der Waals surface area contributed by atoms with Crippen LogP contribution >= 0.6 is 11.6 Å². The molecule has 192 valence electrons. The summed E-state index contributed by atoms with van der Waals surface area (Å²) >= 11 is 5.97. The molecule has 1 aliphatic heterocycles. The molecule has 9 heteroatoms. The van der Waals surface area contributed by atoms with Crippen molar-refractivity contribution in [3.05, 3.63) is 101 Å². The van der Waals surface area contributed by atoms with Crippen LogP contribution in [0.5, 0.6) is 0 Å². The highest BCUT2D eigenvalue weighted by Gasteiger charge is 2.57. The van der Waals surface area contributed by atoms with Crippen molar-refractivity contribution in [2.24, 2.45) is 11.8 Å². The van der Waals surface area contributed by atoms with Crippen molar-refractivity contribution in [3.63, 3.8) is 0 Å². The van der Waals surface area contributed by atoms with Gasteiger partial charge in [0, 0.05) is 61.6 Å². The van der Waals surface area contributed by atoms with Crippen LogP contribution in [0, 0.1) is 11.8 Å². The number of halogens is 1. The van der Waals surface area contributed by atoms with Crippen LogP contribution in [0.15, 0.2) is 83.8 Å². The highest BCUT2D eigenvalue weighted by molar-refractivity contribution is 7.89. The Labute approximate surface area is 222 Å². The summed E-state index contributed by atoms with van der Waals surface area (Å²) < 4.78 is 28.4. The van der Waals surface area contributed by atoms with Gasteiger partial charge in [0.25, 0.3) is 5.91 Å². The maximum Gasteiger partial charge on any atom is 0.251 e. The summed E-state index contributed by atoms with van der Waals surface area (Å²) in [6.45, 7) is 3.32. The molecule has 1 aliphatic carbocycles. The highest BCUT2D eigenvalue weighted by atomic mass is 35.5. The third kappa shape index (κ3) is 5.56. The lowest BCUT2D eigenvalue weighted by Crippen LogP contribution is -2.36. The van der Waals surface area contributed by atoms with E-state index in [1.807, 2.05) is 35.2 Å². The second-order valence-electron chi connectivity index (χ2n) is 9.66. The average molecular weight is 538 g/mol. The first-order valence-corrected chi connectivity index (χ1v) is 14.0. The lowest BCUT2D eigenvalue weighted by Gasteiger charge is -2.23. The number of hydrogen-bond donors (Lipinski definition) is 1. The molecule has 2 aliphatic rings. The van der Waals surface area contributed by atoms with Gasteiger partial charge in [-0.3, -0.25) is 9.59 Å². The fourth-order valence-corrected chi connectivity index (χ4v) is 6.51. The van der Waals surface area contributed by atoms with Gasteiger partial charge in [-0.25, -0.2) is 8.42 Å². The lowest BCUT2D eigenvalue weighted by molar-refractivity contribution is -0.128. The monoisotopic (exact) mass is 537 g/mol. The Kier molecular flexibility index (Phi) is 7.07. The first-order valence-electron chi connectivity index (χ1n) is 12.2. The molecule has 3 atom stereocenters. The van der Waals surface area contributed by atoms with Gasteiger partial charge >= 0.3 is 0 Å². The first kappa shape index (κ1) is 25.4. The number of rotatable bonds is 8. The van der Waals surface area contributed by atoms with E-state index < -0.39 is 10.0 Å². The fourth-order valence-electron chi connectivity index (χ4n) is 4.97. The highest BCUT2D eigenvalue weighted by Crippen LogP contribution is 2.45. The average Bonchev–Trinajstić information content (AvgIpc) is 3.31. The van der Waals surface area contributed by atoms with E-state index in [9.17, 15) is 18.0 Å². The van der Waals surface area contributed by atoms with E-state index in [4.69, 9.17) is 11.6 Å². The number of nitrogens with zero attached hydrogens (tertiary/aromatic N) is 2. The van der Waals surface area contributed by atoms with Crippen molar-refractivity contribution in [3.8, 4) is 0 Å². The Bertz CT molecular complexity index is 1380. The SMILES string of the molecule is CC(=O)N1C[C@@H]2[C@H](C1)[C@H]2NC(=O)c1ccc(CN(Cc2ccccc2)S(=O)(=O)c2ccc(Cl)cc2)cc1. The number of sulfonamides is 1. The summed E-state index contributed by atoms with van der Waals surface area (Å²) in [5.41, 5.74) is 2.16. The number of piperidine rings is 1. The van der Waals surface area contributed by atoms with Gasteiger partial charge in [-0.15, -0.1) is 0 Å². The zero-order valence-corrected chi connectivity index (χ0v) is 22.0. The van der Waals surface area contributed by atoms with Gasteiger partial charge in [0.1, 0.15) is 0 Å². The van der Waals surface area contributed by atoms with Crippen LogP contribution in [0.4, 0.5) is 0 Å². The third-order valence-electron chi connectivity index (χ3n) is 7.17. The largest absolute Gasteiger partial charge is 0.349 e. The van der Waals surface area contributed by atoms with Crippen LogP contribution < -0.4 is 5.32 Å². The quantitative estimate of drug-likeness (QED) is 0.471. The number of benzene rings is 3. The number of carbonyl (C=O) groups excluding carboxylic acids is 2. The second-order valence-corrected chi connectivity index (χ2v) is 12.0. The lowest BCUT2D eigenvalue weighted by atomic mass is 10.1. The minimum atomic E-state index is -3.80. The van der Waals surface area contributed by atoms with Crippen molar-refractivity contribution in [2.75, 3.05) is 13.1 Å². The van der Waals surface area contributed by atoms with Gasteiger partial charge in [0.15, 0.2) is 0 Å². The van der Waals surface area contributed by atoms with E-state index >= 15 is 0 Å². The molecular weight excluding hydrogens is 510 g/mol. The Balaban J connectivity index is 1.28. The van der Waals surface area contributed by atoms with Crippen LogP contribution in [0.3, 0.4) is 0 Å². The number of amides is 2. The number of likely N-dealkylation sites (tertiary alicyclic amines) is 1. The maximum absolute atomic E-state index is 13.5. The molecule has 7 nitrogen and oxygen atoms in total. The molecule has 0 radical (unpaired) electrons. The molecular formula is C28H28ClN3O4S. The molecule has 0 bridgehead atoms. The van der Waals surface area contributed by atoms with Crippen molar-refractivity contribution in [2.45, 2.75) is 31.0 Å². The molecule has 1 N–H and O–H groups in total. The van der Waals surface area contributed by atoms with E-state index in [1.54, 1.807) is 43.3 Å². The van der Waals surface area contributed by atoms with Crippen molar-refractivity contribution < 1.29 is 18.0 Å². The summed E-state index contributed by atoms with van der Waals surface area (Å²) in [6.07, 6.45) is 0. The smallest absolute Gasteiger partial charge is 0.251 e. The predicted octanol–water partition coefficient (Wildman–Crippen LogP) is 3.94. The Morgan fingerprint density at radius 2 is 1.46 bits per heavy atom. The van der Waals surface area contributed by atoms with Gasteiger partial charge in [-0.1, -0.05) is 54.1 Å². The number of nitrogens with one attached hydrogen (secondary N) is 1. The van der Waals surface area contributed by atoms with Crippen molar-refractivity contribution >= 4 is 33.4 Å². The number of fused-ring (bicyclic) bond motifs is 1. The Morgan fingerprint density at radius 1 is 0.892 bits per heavy atom. The number of hydrogen-bond acceptors (Lipinski definition) is 4. The zero-order chi connectivity index (χ0) is 26.2. The molecule has 3 aromatic carbocycles. The summed E-state index contributed by atoms with van der Waals surface area (Å²) in [7, 11) is -3.80. The maximum atomic E-state index is 13.5. The van der Waals surface area contributed by atoms with E-state index in [0.717, 1.165) is 11.1 Å². The van der Waals surface area contributed by atoms with Gasteiger partial charge in [-0.2, -0.15) is 4.31 Å².